The lowest BCUT2D eigenvalue weighted by Gasteiger charge is -2.20. The molecular formula is C27H22ClN3O3S. The number of anilines is 1. The van der Waals surface area contributed by atoms with Crippen molar-refractivity contribution < 1.29 is 14.1 Å². The number of carbonyl (C=O) groups is 1. The Bertz CT molecular complexity index is 1500. The molecule has 0 fully saturated rings. The molecule has 0 radical (unpaired) electrons. The maximum Gasteiger partial charge on any atom is 0.266 e. The fourth-order valence-electron chi connectivity index (χ4n) is 3.89. The van der Waals surface area contributed by atoms with Crippen LogP contribution in [0.15, 0.2) is 77.3 Å². The largest absolute Gasteiger partial charge is 0.492 e. The summed E-state index contributed by atoms with van der Waals surface area (Å²) in [6.07, 6.45) is 0. The molecule has 3 aromatic carbocycles. The van der Waals surface area contributed by atoms with Crippen molar-refractivity contribution >= 4 is 44.2 Å². The van der Waals surface area contributed by atoms with Gasteiger partial charge in [0, 0.05) is 5.56 Å². The van der Waals surface area contributed by atoms with E-state index in [1.165, 1.54) is 11.3 Å². The number of aromatic nitrogens is 2. The molecule has 0 N–H and O–H groups in total. The summed E-state index contributed by atoms with van der Waals surface area (Å²) >= 11 is 7.88. The second kappa shape index (κ2) is 9.90. The Kier molecular flexibility index (Phi) is 6.53. The van der Waals surface area contributed by atoms with E-state index in [2.05, 4.69) is 5.16 Å². The van der Waals surface area contributed by atoms with Gasteiger partial charge < -0.3 is 9.26 Å². The highest BCUT2D eigenvalue weighted by Crippen LogP contribution is 2.37. The Morgan fingerprint density at radius 1 is 1.06 bits per heavy atom. The zero-order chi connectivity index (χ0) is 24.4. The smallest absolute Gasteiger partial charge is 0.266 e. The van der Waals surface area contributed by atoms with Crippen LogP contribution in [0.1, 0.15) is 28.6 Å². The Morgan fingerprint density at radius 2 is 1.83 bits per heavy atom. The summed E-state index contributed by atoms with van der Waals surface area (Å²) in [6.45, 7) is 4.52. The number of hydrogen-bond donors (Lipinski definition) is 0. The van der Waals surface area contributed by atoms with Crippen LogP contribution in [0.2, 0.25) is 5.02 Å². The number of ether oxygens (including phenoxy) is 1. The Hall–Kier alpha value is -3.68. The summed E-state index contributed by atoms with van der Waals surface area (Å²) in [7, 11) is 0. The van der Waals surface area contributed by atoms with Crippen LogP contribution in [0, 0.1) is 6.92 Å². The fourth-order valence-corrected chi connectivity index (χ4v) is 5.09. The van der Waals surface area contributed by atoms with Gasteiger partial charge in [-0.3, -0.25) is 9.69 Å². The molecule has 2 aromatic heterocycles. The van der Waals surface area contributed by atoms with E-state index in [0.717, 1.165) is 15.8 Å². The Morgan fingerprint density at radius 3 is 2.60 bits per heavy atom. The predicted molar refractivity (Wildman–Crippen MR) is 139 cm³/mol. The number of nitrogens with zero attached hydrogens (tertiary/aromatic N) is 3. The molecule has 0 aliphatic rings. The molecule has 0 bridgehead atoms. The third-order valence-electron chi connectivity index (χ3n) is 5.54. The van der Waals surface area contributed by atoms with Crippen molar-refractivity contribution in [2.75, 3.05) is 11.5 Å². The van der Waals surface area contributed by atoms with Gasteiger partial charge in [-0.05, 0) is 37.6 Å². The van der Waals surface area contributed by atoms with Crippen LogP contribution in [0.3, 0.4) is 0 Å². The van der Waals surface area contributed by atoms with Gasteiger partial charge in [0.05, 0.1) is 22.9 Å². The number of fused-ring (bicyclic) bond motifs is 1. The lowest BCUT2D eigenvalue weighted by Crippen LogP contribution is -2.31. The van der Waals surface area contributed by atoms with Crippen LogP contribution in [0.4, 0.5) is 5.13 Å². The van der Waals surface area contributed by atoms with E-state index in [1.54, 1.807) is 17.9 Å². The molecule has 0 aliphatic heterocycles. The maximum atomic E-state index is 14.1. The SMILES string of the molecule is CCOc1cccc2sc(N(Cc3ccccc3)C(=O)c3c(-c4ccccc4Cl)noc3C)nc12. The summed E-state index contributed by atoms with van der Waals surface area (Å²) < 4.78 is 12.2. The van der Waals surface area contributed by atoms with Crippen LogP contribution in [-0.4, -0.2) is 22.7 Å². The van der Waals surface area contributed by atoms with Gasteiger partial charge in [-0.2, -0.15) is 0 Å². The molecule has 1 amide bonds. The molecule has 0 saturated heterocycles. The second-order valence-electron chi connectivity index (χ2n) is 7.85. The van der Waals surface area contributed by atoms with Gasteiger partial charge >= 0.3 is 0 Å². The second-order valence-corrected chi connectivity index (χ2v) is 9.27. The molecule has 0 spiro atoms. The summed E-state index contributed by atoms with van der Waals surface area (Å²) in [5.41, 5.74) is 3.11. The monoisotopic (exact) mass is 503 g/mol. The number of aryl methyl sites for hydroxylation is 1. The lowest BCUT2D eigenvalue weighted by molar-refractivity contribution is 0.0984. The van der Waals surface area contributed by atoms with Gasteiger partial charge in [-0.25, -0.2) is 4.98 Å². The average molecular weight is 504 g/mol. The molecule has 5 aromatic rings. The summed E-state index contributed by atoms with van der Waals surface area (Å²) in [4.78, 5) is 20.6. The highest BCUT2D eigenvalue weighted by Gasteiger charge is 2.30. The standard InChI is InChI=1S/C27H22ClN3O3S/c1-3-33-21-14-9-15-22-25(21)29-27(35-22)31(16-18-10-5-4-6-11-18)26(32)23-17(2)34-30-24(23)19-12-7-8-13-20(19)28/h4-15H,3,16H2,1-2H3. The zero-order valence-electron chi connectivity index (χ0n) is 19.2. The fraction of sp³-hybridized carbons (Fsp3) is 0.148. The van der Waals surface area contributed by atoms with Crippen molar-refractivity contribution in [3.05, 3.63) is 94.7 Å². The maximum absolute atomic E-state index is 14.1. The molecule has 176 valence electrons. The van der Waals surface area contributed by atoms with E-state index < -0.39 is 0 Å². The minimum Gasteiger partial charge on any atom is -0.492 e. The van der Waals surface area contributed by atoms with Gasteiger partial charge in [0.15, 0.2) is 5.13 Å². The first-order valence-corrected chi connectivity index (χ1v) is 12.4. The van der Waals surface area contributed by atoms with Crippen LogP contribution < -0.4 is 9.64 Å². The lowest BCUT2D eigenvalue weighted by atomic mass is 10.0. The minimum absolute atomic E-state index is 0.264. The molecule has 2 heterocycles. The number of para-hydroxylation sites is 1. The topological polar surface area (TPSA) is 68.5 Å². The van der Waals surface area contributed by atoms with Crippen molar-refractivity contribution in [1.82, 2.24) is 10.1 Å². The average Bonchev–Trinajstić information content (AvgIpc) is 3.47. The molecule has 0 unspecified atom stereocenters. The van der Waals surface area contributed by atoms with Crippen LogP contribution in [0.5, 0.6) is 5.75 Å². The molecule has 0 atom stereocenters. The van der Waals surface area contributed by atoms with E-state index in [-0.39, 0.29) is 5.91 Å². The van der Waals surface area contributed by atoms with Gasteiger partial charge in [-0.1, -0.05) is 82.7 Å². The zero-order valence-corrected chi connectivity index (χ0v) is 20.8. The van der Waals surface area contributed by atoms with E-state index in [4.69, 9.17) is 25.8 Å². The van der Waals surface area contributed by atoms with E-state index >= 15 is 0 Å². The number of hydrogen-bond acceptors (Lipinski definition) is 6. The summed E-state index contributed by atoms with van der Waals surface area (Å²) in [5, 5.41) is 5.24. The highest BCUT2D eigenvalue weighted by atomic mass is 35.5. The van der Waals surface area contributed by atoms with E-state index in [9.17, 15) is 4.79 Å². The van der Waals surface area contributed by atoms with Crippen molar-refractivity contribution in [3.63, 3.8) is 0 Å². The molecular weight excluding hydrogens is 482 g/mol. The number of thiazole rings is 1. The highest BCUT2D eigenvalue weighted by molar-refractivity contribution is 7.22. The first kappa shape index (κ1) is 23.1. The predicted octanol–water partition coefficient (Wildman–Crippen LogP) is 7.16. The van der Waals surface area contributed by atoms with Gasteiger partial charge in [-0.15, -0.1) is 0 Å². The van der Waals surface area contributed by atoms with Crippen molar-refractivity contribution in [3.8, 4) is 17.0 Å². The number of benzene rings is 3. The minimum atomic E-state index is -0.264. The quantitative estimate of drug-likeness (QED) is 0.236. The van der Waals surface area contributed by atoms with E-state index in [0.29, 0.717) is 51.6 Å². The number of rotatable bonds is 7. The number of halogens is 1. The normalized spacial score (nSPS) is 11.1. The first-order valence-electron chi connectivity index (χ1n) is 11.2. The van der Waals surface area contributed by atoms with Crippen molar-refractivity contribution in [1.29, 1.82) is 0 Å². The van der Waals surface area contributed by atoms with Crippen LogP contribution >= 0.6 is 22.9 Å². The van der Waals surface area contributed by atoms with Gasteiger partial charge in [0.25, 0.3) is 5.91 Å². The Labute approximate surface area is 211 Å². The van der Waals surface area contributed by atoms with Gasteiger partial charge in [0.2, 0.25) is 0 Å². The number of amides is 1. The van der Waals surface area contributed by atoms with Crippen LogP contribution in [0.25, 0.3) is 21.5 Å². The molecule has 8 heteroatoms. The van der Waals surface area contributed by atoms with Crippen molar-refractivity contribution in [2.45, 2.75) is 20.4 Å². The van der Waals surface area contributed by atoms with Gasteiger partial charge in [0.1, 0.15) is 28.3 Å². The molecule has 0 saturated carbocycles. The van der Waals surface area contributed by atoms with Crippen molar-refractivity contribution in [2.24, 2.45) is 0 Å². The number of carbonyl (C=O) groups excluding carboxylic acids is 1. The molecule has 6 nitrogen and oxygen atoms in total. The first-order chi connectivity index (χ1) is 17.1. The summed E-state index contributed by atoms with van der Waals surface area (Å²) in [5.74, 6) is 0.844. The van der Waals surface area contributed by atoms with Crippen LogP contribution in [-0.2, 0) is 6.54 Å². The molecule has 5 rings (SSSR count). The third-order valence-corrected chi connectivity index (χ3v) is 6.91. The molecule has 0 aliphatic carbocycles. The summed E-state index contributed by atoms with van der Waals surface area (Å²) in [6, 6.07) is 22.9. The Balaban J connectivity index is 1.64. The van der Waals surface area contributed by atoms with E-state index in [1.807, 2.05) is 73.7 Å². The third kappa shape index (κ3) is 4.52. The molecule has 35 heavy (non-hydrogen) atoms.